The monoisotopic (exact) mass is 1650 g/mol. The van der Waals surface area contributed by atoms with Crippen LogP contribution in [0.4, 0.5) is 0 Å². The van der Waals surface area contributed by atoms with E-state index in [1.165, 1.54) is 32.9 Å². The third-order valence-corrected chi connectivity index (χ3v) is 16.5. The number of carbonyl (C=O) groups is 22. The second-order valence-corrected chi connectivity index (χ2v) is 27.7. The van der Waals surface area contributed by atoms with Gasteiger partial charge < -0.3 is 131 Å². The average Bonchev–Trinajstić information content (AvgIpc) is 0.854. The van der Waals surface area contributed by atoms with Crippen molar-refractivity contribution in [2.24, 2.45) is 17.6 Å². The average molecular weight is 1650 g/mol. The van der Waals surface area contributed by atoms with E-state index < -0.39 is 303 Å². The van der Waals surface area contributed by atoms with Crippen LogP contribution in [0.5, 0.6) is 0 Å². The standard InChI is InChI=1S/C69H104N16O31/c1-28(2)20-39(61(108)72-31(6)58(105)83-46(27-86)55(70)102)82-69(116)54(34(9)88)85-67(114)45(26-52(100)101)78-56(103)30(5)71-59(106)37(16-18-47(90)91)75-60(107)38(17-19-48(92)93)76-62(109)40(21-29(3)4)79-65(112)44(25-51(98)99)81-64(111)43(24-50(96)97)77-57(104)32(7)73-68(115)53(33(8)87)84-66(113)41(22-36-14-12-11-13-15-36)80-63(110)42(23-49(94)95)74-35(10)89/h11-15,28-34,37-46,53-54,86-88H,16-27H2,1-10H3,(H2,70,102)(H,71,106)(H,72,108)(H,73,115)(H,74,89)(H,75,107)(H,76,109)(H,77,104)(H,78,103)(H,79,112)(H,80,110)(H,81,111)(H,82,116)(H,83,105)(H,84,113)(H,85,114)(H,90,91)(H,92,93)(H,94,95)(H,96,97)(H,98,99)(H,100,101)/t30-,31-,32-,33+,34+,37-,38-,39-,40-,41-,42-,43-,44-,45-,46-,53-,54-/m0/s1. The second kappa shape index (κ2) is 49.8. The van der Waals surface area contributed by atoms with Crippen molar-refractivity contribution in [2.75, 3.05) is 6.61 Å². The summed E-state index contributed by atoms with van der Waals surface area (Å²) in [5, 5.41) is 121. The van der Waals surface area contributed by atoms with Gasteiger partial charge in [0.25, 0.3) is 0 Å². The van der Waals surface area contributed by atoms with Crippen LogP contribution < -0.4 is 85.5 Å². The van der Waals surface area contributed by atoms with E-state index in [2.05, 4.69) is 63.8 Å². The van der Waals surface area contributed by atoms with Crippen LogP contribution in [-0.2, 0) is 112 Å². The van der Waals surface area contributed by atoms with Gasteiger partial charge in [0.05, 0.1) is 44.5 Å². The number of rotatable bonds is 53. The summed E-state index contributed by atoms with van der Waals surface area (Å²) in [4.78, 5) is 287. The molecule has 1 aromatic carbocycles. The molecule has 47 nitrogen and oxygen atoms in total. The number of nitrogens with two attached hydrogens (primary N) is 1. The van der Waals surface area contributed by atoms with Crippen LogP contribution in [-0.4, -0.2) is 286 Å². The van der Waals surface area contributed by atoms with Crippen molar-refractivity contribution in [3.63, 3.8) is 0 Å². The number of amides is 16. The van der Waals surface area contributed by atoms with E-state index in [1.54, 1.807) is 32.0 Å². The highest BCUT2D eigenvalue weighted by Gasteiger charge is 2.40. The fourth-order valence-electron chi connectivity index (χ4n) is 10.5. The number of hydrogen-bond donors (Lipinski definition) is 25. The molecule has 646 valence electrons. The lowest BCUT2D eigenvalue weighted by Gasteiger charge is -2.28. The van der Waals surface area contributed by atoms with Gasteiger partial charge in [-0.25, -0.2) is 0 Å². The zero-order valence-corrected chi connectivity index (χ0v) is 64.9. The molecule has 0 aliphatic rings. The van der Waals surface area contributed by atoms with Crippen LogP contribution in [0.3, 0.4) is 0 Å². The third-order valence-electron chi connectivity index (χ3n) is 16.5. The van der Waals surface area contributed by atoms with Gasteiger partial charge in [-0.2, -0.15) is 0 Å². The molecule has 0 unspecified atom stereocenters. The summed E-state index contributed by atoms with van der Waals surface area (Å²) in [5.74, 6) is -31.2. The van der Waals surface area contributed by atoms with Gasteiger partial charge in [0, 0.05) is 26.2 Å². The molecule has 0 saturated carbocycles. The van der Waals surface area contributed by atoms with Crippen molar-refractivity contribution in [1.82, 2.24) is 79.8 Å². The molecule has 0 aromatic heterocycles. The molecular formula is C69H104N16O31. The van der Waals surface area contributed by atoms with Gasteiger partial charge in [-0.1, -0.05) is 58.0 Å². The van der Waals surface area contributed by atoms with E-state index in [0.29, 0.717) is 5.56 Å². The Kier molecular flexibility index (Phi) is 43.6. The van der Waals surface area contributed by atoms with Crippen molar-refractivity contribution >= 4 is 130 Å². The number of primary amides is 1. The Morgan fingerprint density at radius 3 is 0.897 bits per heavy atom. The Balaban J connectivity index is 3.54. The van der Waals surface area contributed by atoms with Crippen LogP contribution >= 0.6 is 0 Å². The Labute approximate surface area is 662 Å². The fraction of sp³-hybridized carbons (Fsp3) is 0.594. The van der Waals surface area contributed by atoms with Crippen molar-refractivity contribution in [3.05, 3.63) is 35.9 Å². The van der Waals surface area contributed by atoms with Gasteiger partial charge in [-0.05, 0) is 77.7 Å². The largest absolute Gasteiger partial charge is 0.481 e. The minimum atomic E-state index is -2.27. The lowest BCUT2D eigenvalue weighted by atomic mass is 10.0. The van der Waals surface area contributed by atoms with Crippen molar-refractivity contribution in [2.45, 2.75) is 243 Å². The first kappa shape index (κ1) is 101. The van der Waals surface area contributed by atoms with Gasteiger partial charge in [-0.15, -0.1) is 0 Å². The molecule has 0 fully saturated rings. The quantitative estimate of drug-likeness (QED) is 0.0288. The normalized spacial score (nSPS) is 15.4. The Bertz CT molecular complexity index is 3710. The third kappa shape index (κ3) is 38.3. The van der Waals surface area contributed by atoms with Crippen LogP contribution in [0.15, 0.2) is 30.3 Å². The molecule has 26 N–H and O–H groups in total. The number of nitrogens with one attached hydrogen (secondary N) is 15. The Hall–Kier alpha value is -12.6. The first-order valence-corrected chi connectivity index (χ1v) is 36.0. The van der Waals surface area contributed by atoms with Crippen LogP contribution in [0.2, 0.25) is 0 Å². The molecule has 0 aliphatic heterocycles. The molecule has 16 amide bonds. The van der Waals surface area contributed by atoms with Gasteiger partial charge in [0.1, 0.15) is 90.6 Å². The molecule has 0 bridgehead atoms. The van der Waals surface area contributed by atoms with Gasteiger partial charge in [-0.3, -0.25) is 105 Å². The number of aliphatic carboxylic acids is 6. The van der Waals surface area contributed by atoms with Gasteiger partial charge in [0.15, 0.2) is 0 Å². The maximum atomic E-state index is 14.2. The molecular weight excluding hydrogens is 1550 g/mol. The SMILES string of the molecule is CC(=O)N[C@@H](CC(=O)O)C(=O)N[C@@H](Cc1ccccc1)C(=O)N[C@H](C(=O)N[C@@H](C)C(=O)N[C@@H](CC(=O)O)C(=O)N[C@@H](CC(=O)O)C(=O)N[C@@H](CC(C)C)C(=O)N[C@@H](CCC(=O)O)C(=O)N[C@@H](CCC(=O)O)C(=O)N[C@@H](C)C(=O)N[C@@H](CC(=O)O)C(=O)N[C@H](C(=O)N[C@@H](CC(C)C)C(=O)N[C@@H](C)C(=O)N[C@@H](CO)C(N)=O)[C@@H](C)O)[C@@H](C)O. The topological polar surface area (TPSA) is 764 Å². The minimum Gasteiger partial charge on any atom is -0.481 e. The van der Waals surface area contributed by atoms with Gasteiger partial charge in [0.2, 0.25) is 94.5 Å². The van der Waals surface area contributed by atoms with E-state index >= 15 is 0 Å². The molecule has 0 aliphatic carbocycles. The smallest absolute Gasteiger partial charge is 0.305 e. The fourth-order valence-corrected chi connectivity index (χ4v) is 10.5. The number of benzene rings is 1. The summed E-state index contributed by atoms with van der Waals surface area (Å²) >= 11 is 0. The number of carboxylic acid groups (broad SMARTS) is 6. The van der Waals surface area contributed by atoms with Gasteiger partial charge >= 0.3 is 35.8 Å². The minimum absolute atomic E-state index is 0.137. The number of aliphatic hydroxyl groups excluding tert-OH is 3. The van der Waals surface area contributed by atoms with Crippen LogP contribution in [0.1, 0.15) is 139 Å². The number of carboxylic acids is 6. The highest BCUT2D eigenvalue weighted by atomic mass is 16.4. The first-order chi connectivity index (χ1) is 53.9. The van der Waals surface area contributed by atoms with Crippen LogP contribution in [0.25, 0.3) is 0 Å². The summed E-state index contributed by atoms with van der Waals surface area (Å²) < 4.78 is 0. The Morgan fingerprint density at radius 1 is 0.310 bits per heavy atom. The zero-order chi connectivity index (χ0) is 88.9. The summed E-state index contributed by atoms with van der Waals surface area (Å²) in [5.41, 5.74) is 5.55. The molecule has 17 atom stereocenters. The molecule has 1 rings (SSSR count). The highest BCUT2D eigenvalue weighted by molar-refractivity contribution is 6.02. The van der Waals surface area contributed by atoms with E-state index in [1.807, 2.05) is 16.0 Å². The van der Waals surface area contributed by atoms with Crippen molar-refractivity contribution in [1.29, 1.82) is 0 Å². The van der Waals surface area contributed by atoms with E-state index in [4.69, 9.17) is 5.73 Å². The molecule has 0 heterocycles. The lowest BCUT2D eigenvalue weighted by molar-refractivity contribution is -0.143. The molecule has 0 saturated heterocycles. The van der Waals surface area contributed by atoms with Crippen molar-refractivity contribution in [3.8, 4) is 0 Å². The number of hydrogen-bond acceptors (Lipinski definition) is 25. The van der Waals surface area contributed by atoms with Crippen molar-refractivity contribution < 1.29 is 151 Å². The zero-order valence-electron chi connectivity index (χ0n) is 64.9. The number of carbonyl (C=O) groups excluding carboxylic acids is 16. The maximum absolute atomic E-state index is 14.2. The molecule has 47 heteroatoms. The first-order valence-electron chi connectivity index (χ1n) is 36.0. The summed E-state index contributed by atoms with van der Waals surface area (Å²) in [6.07, 6.45) is -12.8. The Morgan fingerprint density at radius 2 is 0.569 bits per heavy atom. The molecule has 0 spiro atoms. The van der Waals surface area contributed by atoms with E-state index in [-0.39, 0.29) is 18.8 Å². The lowest BCUT2D eigenvalue weighted by Crippen LogP contribution is -2.62. The molecule has 116 heavy (non-hydrogen) atoms. The summed E-state index contributed by atoms with van der Waals surface area (Å²) in [6, 6.07) is -20.2. The highest BCUT2D eigenvalue weighted by Crippen LogP contribution is 2.14. The summed E-state index contributed by atoms with van der Waals surface area (Å²) in [7, 11) is 0. The predicted octanol–water partition coefficient (Wildman–Crippen LogP) is -9.46. The molecule has 0 radical (unpaired) electrons. The number of aliphatic hydroxyl groups is 3. The predicted molar refractivity (Wildman–Crippen MR) is 393 cm³/mol. The summed E-state index contributed by atoms with van der Waals surface area (Å²) in [6.45, 7) is 11.5. The maximum Gasteiger partial charge on any atom is 0.305 e. The second-order valence-electron chi connectivity index (χ2n) is 27.7. The van der Waals surface area contributed by atoms with E-state index in [0.717, 1.165) is 34.6 Å². The molecule has 1 aromatic rings. The van der Waals surface area contributed by atoms with Crippen LogP contribution in [0, 0.1) is 11.8 Å². The van der Waals surface area contributed by atoms with E-state index in [9.17, 15) is 151 Å².